The molecule has 1 unspecified atom stereocenters. The summed E-state index contributed by atoms with van der Waals surface area (Å²) in [6.45, 7) is 0.821. The van der Waals surface area contributed by atoms with E-state index in [1.165, 1.54) is 6.33 Å². The third kappa shape index (κ3) is 34.7. The summed E-state index contributed by atoms with van der Waals surface area (Å²) >= 11 is 35.0. The summed E-state index contributed by atoms with van der Waals surface area (Å²) in [4.78, 5) is 21.6. The molecule has 6 N–H and O–H groups in total. The van der Waals surface area contributed by atoms with Gasteiger partial charge >= 0.3 is 41.9 Å². The van der Waals surface area contributed by atoms with Crippen molar-refractivity contribution in [2.24, 2.45) is 27.2 Å². The zero-order chi connectivity index (χ0) is 52.7. The van der Waals surface area contributed by atoms with Gasteiger partial charge in [-0.1, -0.05) is 132 Å². The van der Waals surface area contributed by atoms with E-state index in [0.29, 0.717) is 55.8 Å². The van der Waals surface area contributed by atoms with E-state index >= 15 is 0 Å². The molecule has 0 saturated carbocycles. The maximum Gasteiger partial charge on any atom is 1.00 e. The Hall–Kier alpha value is -4.42. The number of aromatic nitrogens is 3. The number of allylic oxidation sites excluding steroid dienone is 1. The number of thioether (sulfide) groups is 1. The first-order valence-electron chi connectivity index (χ1n) is 19.2. The number of carbonyl (C=O) groups is 1. The molecule has 6 aromatic rings. The number of carbonyl (C=O) groups excluding carboxylic acids is 1. The minimum absolute atomic E-state index is 0. The Morgan fingerprint density at radius 3 is 1.73 bits per heavy atom. The Bertz CT molecular complexity index is 2760. The Morgan fingerprint density at radius 2 is 1.33 bits per heavy atom. The number of amidine groups is 1. The second-order valence-corrected chi connectivity index (χ2v) is 16.3. The molecule has 0 saturated heterocycles. The number of rotatable bonds is 7. The van der Waals surface area contributed by atoms with Crippen LogP contribution in [0.25, 0.3) is 17.6 Å². The molecule has 10 nitrogen and oxygen atoms in total. The van der Waals surface area contributed by atoms with Crippen LogP contribution in [0, 0.1) is 23.7 Å². The number of aliphatic imine (C=N–C) groups is 2. The van der Waals surface area contributed by atoms with Gasteiger partial charge in [-0.25, -0.2) is 14.7 Å². The number of thiol groups is 1. The average molecular weight is 1170 g/mol. The fourth-order valence-electron chi connectivity index (χ4n) is 4.38. The van der Waals surface area contributed by atoms with Crippen LogP contribution in [0.2, 0.25) is 25.1 Å². The molecule has 384 valence electrons. The van der Waals surface area contributed by atoms with Gasteiger partial charge in [-0.2, -0.15) is 31.6 Å². The van der Waals surface area contributed by atoms with E-state index in [1.807, 2.05) is 73.0 Å². The van der Waals surface area contributed by atoms with Crippen molar-refractivity contribution in [2.75, 3.05) is 19.3 Å². The van der Waals surface area contributed by atoms with E-state index in [2.05, 4.69) is 32.2 Å². The van der Waals surface area contributed by atoms with Crippen LogP contribution in [0.15, 0.2) is 144 Å². The quantitative estimate of drug-likeness (QED) is 0.0204. The minimum Gasteiger partial charge on any atom is -0.813 e. The monoisotopic (exact) mass is 1170 g/mol. The van der Waals surface area contributed by atoms with E-state index in [4.69, 9.17) is 91.7 Å². The molecule has 7 rings (SSSR count). The Balaban J connectivity index is -0.000000807. The number of thiocarbonyl (C=S) groups is 1. The van der Waals surface area contributed by atoms with Crippen molar-refractivity contribution in [3.05, 3.63) is 181 Å². The standard InChI is InChI=1S/C11H7ClF3N3.C9H7ClN2.C8H10ClNS.C7H6ClNS.C7H4ClN.C3HF3.C2H5NO.CH4.Na.H2S/c12-9-3-1-2-8(6-9)10-16-7-18(17-10)5-4-11(13,14)15;10-8-3-1-2-7(6-8)9-11-4-5-12-9;1-11-8(10)6-3-2-4-7(9)5-6;8-6-3-1-2-5(4-6)7(9)10;8-7-3-1-2-6(4-7)5-9;1-2-3(4,5)6;3-1-2-4;;;/h1-7H;1-4,6H,5H2;2-5,8H,10H2,1H3;1-4H,(H2,9,10);1-4H;1H;2H,1,3H2;1H4;;1H2/q;;;;;;;;+1;/p-1/b5-4-;;;;;;;;;. The maximum absolute atomic E-state index is 12.0. The Kier molecular flexibility index (Phi) is 39.9. The normalized spacial score (nSPS) is 10.9. The number of halogens is 11. The van der Waals surface area contributed by atoms with Crippen LogP contribution < -0.4 is 46.8 Å². The van der Waals surface area contributed by atoms with Crippen LogP contribution in [-0.4, -0.2) is 69.8 Å². The predicted molar refractivity (Wildman–Crippen MR) is 294 cm³/mol. The molecule has 0 spiro atoms. The van der Waals surface area contributed by atoms with E-state index in [1.54, 1.807) is 78.6 Å². The SMILES string of the molecule is C.C#CC(F)(F)F.CSC(N)c1cccc(Cl)c1.Clc1cccc(C2=NCC=N2)c1.FC(F)(F)/C=C\n1cnc(-c2cccc(Cl)c2)n1.N#Cc1cccc(Cl)c1.NC(=S)c1cccc(Cl)c1.NCC=O.[Na+].[SH-]. The minimum atomic E-state index is -4.43. The number of hydrogen-bond acceptors (Lipinski definition) is 11. The summed E-state index contributed by atoms with van der Waals surface area (Å²) in [6.07, 6.45) is 1.62. The molecule has 25 heteroatoms. The number of hydrogen-bond donors (Lipinski definition) is 3. The fraction of sp³-hybridized carbons (Fsp3) is 0.146. The van der Waals surface area contributed by atoms with Crippen molar-refractivity contribution in [2.45, 2.75) is 25.2 Å². The molecular formula is C48H45Cl5F6N9NaOS3. The molecule has 73 heavy (non-hydrogen) atoms. The first-order valence-corrected chi connectivity index (χ1v) is 22.8. The van der Waals surface area contributed by atoms with E-state index in [9.17, 15) is 26.3 Å². The number of alkyl halides is 6. The van der Waals surface area contributed by atoms with Gasteiger partial charge in [0.25, 0.3) is 0 Å². The van der Waals surface area contributed by atoms with Gasteiger partial charge in [0.15, 0.2) is 11.7 Å². The number of nitriles is 1. The van der Waals surface area contributed by atoms with Gasteiger partial charge in [-0.15, -0.1) is 23.3 Å². The van der Waals surface area contributed by atoms with Crippen LogP contribution in [-0.2, 0) is 18.3 Å². The summed E-state index contributed by atoms with van der Waals surface area (Å²) in [5.74, 6) is 1.69. The third-order valence-corrected chi connectivity index (χ3v) is 9.57. The van der Waals surface area contributed by atoms with Crippen molar-refractivity contribution in [1.82, 2.24) is 14.8 Å². The van der Waals surface area contributed by atoms with Crippen molar-refractivity contribution in [3.8, 4) is 29.8 Å². The van der Waals surface area contributed by atoms with Crippen molar-refractivity contribution in [1.29, 1.82) is 5.26 Å². The molecule has 1 atom stereocenters. The van der Waals surface area contributed by atoms with Crippen LogP contribution in [0.1, 0.15) is 35.1 Å². The average Bonchev–Trinajstić information content (AvgIpc) is 4.06. The van der Waals surface area contributed by atoms with Crippen LogP contribution >= 0.6 is 82.0 Å². The molecule has 1 aliphatic heterocycles. The second kappa shape index (κ2) is 40.0. The number of nitrogens with zero attached hydrogens (tertiary/aromatic N) is 6. The first-order chi connectivity index (χ1) is 33.0. The summed E-state index contributed by atoms with van der Waals surface area (Å²) < 4.78 is 68.5. The molecular weight excluding hydrogens is 1130 g/mol. The van der Waals surface area contributed by atoms with Gasteiger partial charge in [-0.3, -0.25) is 4.99 Å². The van der Waals surface area contributed by atoms with Crippen LogP contribution in [0.4, 0.5) is 26.3 Å². The molecule has 0 fully saturated rings. The number of terminal acetylenes is 1. The molecule has 0 radical (unpaired) electrons. The van der Waals surface area contributed by atoms with Gasteiger partial charge < -0.3 is 35.5 Å². The Morgan fingerprint density at radius 1 is 0.849 bits per heavy atom. The van der Waals surface area contributed by atoms with Gasteiger partial charge in [0.05, 0.1) is 23.6 Å². The molecule has 0 amide bonds. The van der Waals surface area contributed by atoms with Gasteiger partial charge in [0.1, 0.15) is 17.6 Å². The van der Waals surface area contributed by atoms with Crippen molar-refractivity contribution < 1.29 is 60.7 Å². The van der Waals surface area contributed by atoms with E-state index < -0.39 is 12.4 Å². The van der Waals surface area contributed by atoms with E-state index in [0.717, 1.165) is 43.5 Å². The zero-order valence-corrected chi connectivity index (χ0v) is 46.1. The van der Waals surface area contributed by atoms with Gasteiger partial charge in [0, 0.05) is 72.8 Å². The third-order valence-electron chi connectivity index (χ3n) is 7.38. The topological polar surface area (TPSA) is 174 Å². The van der Waals surface area contributed by atoms with Gasteiger partial charge in [-0.05, 0) is 78.5 Å². The predicted octanol–water partition coefficient (Wildman–Crippen LogP) is 10.3. The Labute approximate surface area is 484 Å². The first kappa shape index (κ1) is 72.8. The zero-order valence-electron chi connectivity index (χ0n) is 37.7. The summed E-state index contributed by atoms with van der Waals surface area (Å²) in [5, 5.41) is 15.5. The van der Waals surface area contributed by atoms with E-state index in [-0.39, 0.29) is 68.5 Å². The number of benzene rings is 5. The smallest absolute Gasteiger partial charge is 0.813 e. The number of nitrogens with two attached hydrogens (primary N) is 3. The summed E-state index contributed by atoms with van der Waals surface area (Å²) in [7, 11) is 0. The van der Waals surface area contributed by atoms with Crippen LogP contribution in [0.5, 0.6) is 0 Å². The van der Waals surface area contributed by atoms with Crippen LogP contribution in [0.3, 0.4) is 0 Å². The summed E-state index contributed by atoms with van der Waals surface area (Å²) in [6, 6.07) is 37.9. The second-order valence-electron chi connectivity index (χ2n) is 12.7. The molecule has 0 bridgehead atoms. The van der Waals surface area contributed by atoms with Crippen molar-refractivity contribution in [3.63, 3.8) is 0 Å². The molecule has 1 aliphatic rings. The van der Waals surface area contributed by atoms with Crippen molar-refractivity contribution >= 4 is 125 Å². The maximum atomic E-state index is 12.0. The fourth-order valence-corrected chi connectivity index (χ4v) is 5.88. The molecule has 1 aromatic heterocycles. The number of aldehydes is 1. The molecule has 0 aliphatic carbocycles. The van der Waals surface area contributed by atoms with Gasteiger partial charge in [0.2, 0.25) is 0 Å². The largest absolute Gasteiger partial charge is 1.00 e. The molecule has 5 aromatic carbocycles. The molecule has 2 heterocycles. The summed E-state index contributed by atoms with van der Waals surface area (Å²) in [5.41, 5.74) is 19.9.